The van der Waals surface area contributed by atoms with Crippen LogP contribution in [0, 0.1) is 0 Å². The number of nitrogens with zero attached hydrogens (tertiary/aromatic N) is 1. The minimum absolute atomic E-state index is 0.0349. The van der Waals surface area contributed by atoms with Gasteiger partial charge in [-0.15, -0.1) is 0 Å². The number of nitrogens with one attached hydrogen (secondary N) is 1. The molecule has 0 atom stereocenters. The van der Waals surface area contributed by atoms with Crippen molar-refractivity contribution in [1.29, 1.82) is 0 Å². The molecule has 1 heterocycles. The van der Waals surface area contributed by atoms with Gasteiger partial charge in [0.25, 0.3) is 0 Å². The molecule has 0 amide bonds. The summed E-state index contributed by atoms with van der Waals surface area (Å²) in [5.74, 6) is 1.19. The Morgan fingerprint density at radius 2 is 2.05 bits per heavy atom. The molecular formula is C13H22N2O3S. The Labute approximate surface area is 115 Å². The molecule has 1 rings (SSSR count). The van der Waals surface area contributed by atoms with Crippen LogP contribution in [-0.4, -0.2) is 37.1 Å². The number of hydrogen-bond acceptors (Lipinski definition) is 5. The van der Waals surface area contributed by atoms with Crippen LogP contribution in [0.1, 0.15) is 27.7 Å². The predicted molar refractivity (Wildman–Crippen MR) is 77.4 cm³/mol. The molecular weight excluding hydrogens is 264 g/mol. The van der Waals surface area contributed by atoms with Gasteiger partial charge in [0, 0.05) is 19.0 Å². The van der Waals surface area contributed by atoms with Crippen LogP contribution < -0.4 is 10.1 Å². The number of pyridine rings is 1. The summed E-state index contributed by atoms with van der Waals surface area (Å²) in [4.78, 5) is 4.19. The standard InChI is InChI=1S/C13H22N2O3S/c1-10(2)18-11-7-6-8-14-12(11)15-9-13(3,4)19(5,16)17/h6-8,10H,9H2,1-5H3,(H,14,15). The van der Waals surface area contributed by atoms with E-state index >= 15 is 0 Å². The Bertz CT molecular complexity index is 524. The summed E-state index contributed by atoms with van der Waals surface area (Å²) in [5, 5.41) is 3.05. The number of sulfone groups is 1. The van der Waals surface area contributed by atoms with Gasteiger partial charge in [-0.05, 0) is 39.8 Å². The lowest BCUT2D eigenvalue weighted by atomic mass is 10.2. The van der Waals surface area contributed by atoms with E-state index in [1.54, 1.807) is 26.1 Å². The Kier molecular flexibility index (Phi) is 4.79. The molecule has 0 fully saturated rings. The summed E-state index contributed by atoms with van der Waals surface area (Å²) < 4.78 is 28.1. The SMILES string of the molecule is CC(C)Oc1cccnc1NCC(C)(C)S(C)(=O)=O. The summed E-state index contributed by atoms with van der Waals surface area (Å²) in [6, 6.07) is 3.59. The van der Waals surface area contributed by atoms with E-state index in [-0.39, 0.29) is 12.6 Å². The fourth-order valence-electron chi connectivity index (χ4n) is 1.30. The molecule has 5 nitrogen and oxygen atoms in total. The third-order valence-corrected chi connectivity index (χ3v) is 4.97. The lowest BCUT2D eigenvalue weighted by molar-refractivity contribution is 0.243. The van der Waals surface area contributed by atoms with Gasteiger partial charge in [-0.3, -0.25) is 0 Å². The quantitative estimate of drug-likeness (QED) is 0.867. The van der Waals surface area contributed by atoms with Crippen LogP contribution in [0.4, 0.5) is 5.82 Å². The third kappa shape index (κ3) is 4.38. The Morgan fingerprint density at radius 1 is 1.42 bits per heavy atom. The molecule has 1 aromatic rings. The summed E-state index contributed by atoms with van der Waals surface area (Å²) >= 11 is 0. The molecule has 1 N–H and O–H groups in total. The van der Waals surface area contributed by atoms with Gasteiger partial charge >= 0.3 is 0 Å². The molecule has 0 aromatic carbocycles. The van der Waals surface area contributed by atoms with Crippen LogP contribution in [0.25, 0.3) is 0 Å². The minimum Gasteiger partial charge on any atom is -0.487 e. The summed E-state index contributed by atoms with van der Waals surface area (Å²) in [5.41, 5.74) is 0. The van der Waals surface area contributed by atoms with Crippen molar-refractivity contribution in [2.24, 2.45) is 0 Å². The molecule has 0 spiro atoms. The van der Waals surface area contributed by atoms with Crippen LogP contribution in [-0.2, 0) is 9.84 Å². The first-order valence-corrected chi connectivity index (χ1v) is 8.08. The lowest BCUT2D eigenvalue weighted by Gasteiger charge is -2.24. The van der Waals surface area contributed by atoms with E-state index in [9.17, 15) is 8.42 Å². The summed E-state index contributed by atoms with van der Waals surface area (Å²) in [7, 11) is -3.14. The summed E-state index contributed by atoms with van der Waals surface area (Å²) in [6.07, 6.45) is 2.91. The van der Waals surface area contributed by atoms with Crippen molar-refractivity contribution in [3.05, 3.63) is 18.3 Å². The second-order valence-electron chi connectivity index (χ2n) is 5.40. The molecule has 0 aliphatic heterocycles. The first kappa shape index (κ1) is 15.8. The van der Waals surface area contributed by atoms with Crippen LogP contribution in [0.5, 0.6) is 5.75 Å². The molecule has 6 heteroatoms. The average Bonchev–Trinajstić information content (AvgIpc) is 2.25. The molecule has 0 unspecified atom stereocenters. The van der Waals surface area contributed by atoms with Crippen molar-refractivity contribution in [3.63, 3.8) is 0 Å². The molecule has 0 aliphatic carbocycles. The van der Waals surface area contributed by atoms with Gasteiger partial charge in [-0.2, -0.15) is 0 Å². The minimum atomic E-state index is -3.14. The number of anilines is 1. The lowest BCUT2D eigenvalue weighted by Crippen LogP contribution is -2.38. The van der Waals surface area contributed by atoms with Gasteiger partial charge in [0.15, 0.2) is 21.4 Å². The Hall–Kier alpha value is -1.30. The molecule has 0 saturated heterocycles. The van der Waals surface area contributed by atoms with E-state index in [1.807, 2.05) is 19.9 Å². The van der Waals surface area contributed by atoms with Crippen molar-refractivity contribution in [1.82, 2.24) is 4.98 Å². The highest BCUT2D eigenvalue weighted by Crippen LogP contribution is 2.24. The predicted octanol–water partition coefficient (Wildman–Crippen LogP) is 2.10. The van der Waals surface area contributed by atoms with E-state index < -0.39 is 14.6 Å². The van der Waals surface area contributed by atoms with E-state index in [4.69, 9.17) is 4.74 Å². The Morgan fingerprint density at radius 3 is 2.58 bits per heavy atom. The second kappa shape index (κ2) is 5.77. The highest BCUT2D eigenvalue weighted by atomic mass is 32.2. The van der Waals surface area contributed by atoms with Crippen LogP contribution in [0.2, 0.25) is 0 Å². The van der Waals surface area contributed by atoms with Crippen LogP contribution in [0.15, 0.2) is 18.3 Å². The second-order valence-corrected chi connectivity index (χ2v) is 8.05. The van der Waals surface area contributed by atoms with E-state index in [0.717, 1.165) is 0 Å². The molecule has 0 radical (unpaired) electrons. The van der Waals surface area contributed by atoms with Gasteiger partial charge in [-0.1, -0.05) is 0 Å². The molecule has 108 valence electrons. The van der Waals surface area contributed by atoms with Gasteiger partial charge in [0.05, 0.1) is 10.9 Å². The maximum Gasteiger partial charge on any atom is 0.168 e. The molecule has 19 heavy (non-hydrogen) atoms. The molecule has 0 aliphatic rings. The van der Waals surface area contributed by atoms with E-state index in [1.165, 1.54) is 6.26 Å². The molecule has 1 aromatic heterocycles. The maximum absolute atomic E-state index is 11.6. The highest BCUT2D eigenvalue weighted by Gasteiger charge is 2.30. The number of ether oxygens (including phenoxy) is 1. The number of hydrogen-bond donors (Lipinski definition) is 1. The van der Waals surface area contributed by atoms with Crippen LogP contribution in [0.3, 0.4) is 0 Å². The normalized spacial score (nSPS) is 12.5. The fourth-order valence-corrected chi connectivity index (χ4v) is 1.63. The smallest absolute Gasteiger partial charge is 0.168 e. The van der Waals surface area contributed by atoms with Gasteiger partial charge in [0.1, 0.15) is 0 Å². The molecule has 0 bridgehead atoms. The van der Waals surface area contributed by atoms with E-state index in [2.05, 4.69) is 10.3 Å². The molecule has 0 saturated carbocycles. The average molecular weight is 286 g/mol. The number of aromatic nitrogens is 1. The number of rotatable bonds is 6. The van der Waals surface area contributed by atoms with Crippen molar-refractivity contribution < 1.29 is 13.2 Å². The monoisotopic (exact) mass is 286 g/mol. The zero-order valence-electron chi connectivity index (χ0n) is 12.1. The van der Waals surface area contributed by atoms with Gasteiger partial charge in [0.2, 0.25) is 0 Å². The van der Waals surface area contributed by atoms with Gasteiger partial charge < -0.3 is 10.1 Å². The highest BCUT2D eigenvalue weighted by molar-refractivity contribution is 7.92. The van der Waals surface area contributed by atoms with Crippen molar-refractivity contribution in [2.75, 3.05) is 18.1 Å². The van der Waals surface area contributed by atoms with Crippen molar-refractivity contribution in [2.45, 2.75) is 38.5 Å². The fraction of sp³-hybridized carbons (Fsp3) is 0.615. The van der Waals surface area contributed by atoms with Crippen LogP contribution >= 0.6 is 0 Å². The largest absolute Gasteiger partial charge is 0.487 e. The first-order valence-electron chi connectivity index (χ1n) is 6.18. The third-order valence-electron chi connectivity index (χ3n) is 2.82. The van der Waals surface area contributed by atoms with Crippen molar-refractivity contribution >= 4 is 15.7 Å². The Balaban J connectivity index is 2.84. The first-order chi connectivity index (χ1) is 8.63. The summed E-state index contributed by atoms with van der Waals surface area (Å²) in [6.45, 7) is 7.49. The zero-order chi connectivity index (χ0) is 14.7. The maximum atomic E-state index is 11.6. The van der Waals surface area contributed by atoms with Gasteiger partial charge in [-0.25, -0.2) is 13.4 Å². The van der Waals surface area contributed by atoms with E-state index in [0.29, 0.717) is 11.6 Å². The topological polar surface area (TPSA) is 68.3 Å². The van der Waals surface area contributed by atoms with Crippen molar-refractivity contribution in [3.8, 4) is 5.75 Å². The zero-order valence-corrected chi connectivity index (χ0v) is 12.9.